The molecule has 0 spiro atoms. The molecule has 21 heavy (non-hydrogen) atoms. The van der Waals surface area contributed by atoms with Crippen LogP contribution in [0.3, 0.4) is 0 Å². The molecule has 0 saturated heterocycles. The molecule has 2 aromatic rings. The van der Waals surface area contributed by atoms with Gasteiger partial charge in [-0.1, -0.05) is 0 Å². The summed E-state index contributed by atoms with van der Waals surface area (Å²) < 4.78 is 36.6. The number of pyridine rings is 1. The number of nitrogens with zero attached hydrogens (tertiary/aromatic N) is 1. The van der Waals surface area contributed by atoms with Crippen molar-refractivity contribution in [2.75, 3.05) is 0 Å². The van der Waals surface area contributed by atoms with Crippen molar-refractivity contribution in [2.24, 2.45) is 0 Å². The first kappa shape index (κ1) is 14.8. The highest BCUT2D eigenvalue weighted by Crippen LogP contribution is 2.19. The van der Waals surface area contributed by atoms with Crippen LogP contribution in [0.4, 0.5) is 13.2 Å². The van der Waals surface area contributed by atoms with Crippen molar-refractivity contribution >= 4 is 22.8 Å². The van der Waals surface area contributed by atoms with Gasteiger partial charge in [0.2, 0.25) is 0 Å². The summed E-state index contributed by atoms with van der Waals surface area (Å²) in [4.78, 5) is 28.6. The highest BCUT2D eigenvalue weighted by atomic mass is 19.4. The Labute approximate surface area is 116 Å². The van der Waals surface area contributed by atoms with Crippen molar-refractivity contribution in [1.82, 2.24) is 15.3 Å². The monoisotopic (exact) mass is 301 g/mol. The van der Waals surface area contributed by atoms with E-state index in [0.29, 0.717) is 16.5 Å². The predicted molar refractivity (Wildman–Crippen MR) is 65.4 cm³/mol. The van der Waals surface area contributed by atoms with E-state index in [4.69, 9.17) is 5.11 Å². The largest absolute Gasteiger partial charge is 0.480 e. The van der Waals surface area contributed by atoms with Crippen molar-refractivity contribution < 1.29 is 27.9 Å². The molecule has 0 fully saturated rings. The number of fused-ring (bicyclic) bond motifs is 1. The molecule has 3 N–H and O–H groups in total. The minimum absolute atomic E-state index is 0.277. The number of carboxylic acids is 1. The van der Waals surface area contributed by atoms with Crippen molar-refractivity contribution in [3.05, 3.63) is 30.2 Å². The second-order valence-corrected chi connectivity index (χ2v) is 4.30. The van der Waals surface area contributed by atoms with Crippen LogP contribution in [0.15, 0.2) is 24.7 Å². The van der Waals surface area contributed by atoms with Crippen LogP contribution in [0, 0.1) is 0 Å². The van der Waals surface area contributed by atoms with Gasteiger partial charge in [0, 0.05) is 24.2 Å². The second-order valence-electron chi connectivity index (χ2n) is 4.30. The van der Waals surface area contributed by atoms with Gasteiger partial charge in [-0.15, -0.1) is 0 Å². The molecule has 0 radical (unpaired) electrons. The Kier molecular flexibility index (Phi) is 3.83. The molecular weight excluding hydrogens is 291 g/mol. The summed E-state index contributed by atoms with van der Waals surface area (Å²) in [5, 5.41) is 11.1. The molecular formula is C12H10F3N3O3. The van der Waals surface area contributed by atoms with Crippen LogP contribution in [0.1, 0.15) is 5.56 Å². The number of aliphatic carboxylic acids is 1. The van der Waals surface area contributed by atoms with Gasteiger partial charge >= 0.3 is 18.1 Å². The van der Waals surface area contributed by atoms with Crippen LogP contribution in [-0.2, 0) is 16.0 Å². The Morgan fingerprint density at radius 1 is 1.43 bits per heavy atom. The molecule has 6 nitrogen and oxygen atoms in total. The summed E-state index contributed by atoms with van der Waals surface area (Å²) in [7, 11) is 0. The van der Waals surface area contributed by atoms with Gasteiger partial charge in [-0.3, -0.25) is 9.78 Å². The number of alkyl halides is 3. The molecule has 0 aliphatic heterocycles. The van der Waals surface area contributed by atoms with Gasteiger partial charge in [0.15, 0.2) is 0 Å². The summed E-state index contributed by atoms with van der Waals surface area (Å²) in [5.41, 5.74) is 1.10. The molecule has 2 aromatic heterocycles. The minimum Gasteiger partial charge on any atom is -0.480 e. The topological polar surface area (TPSA) is 95.1 Å². The number of carbonyl (C=O) groups is 2. The predicted octanol–water partition coefficient (Wildman–Crippen LogP) is 1.24. The average molecular weight is 301 g/mol. The summed E-state index contributed by atoms with van der Waals surface area (Å²) >= 11 is 0. The van der Waals surface area contributed by atoms with Crippen molar-refractivity contribution in [3.63, 3.8) is 0 Å². The normalized spacial score (nSPS) is 13.1. The summed E-state index contributed by atoms with van der Waals surface area (Å²) in [6.45, 7) is 0. The Balaban J connectivity index is 2.21. The van der Waals surface area contributed by atoms with Crippen molar-refractivity contribution in [1.29, 1.82) is 0 Å². The van der Waals surface area contributed by atoms with E-state index >= 15 is 0 Å². The standard InChI is InChI=1S/C12H10F3N3O3/c13-12(14,15)11(21)18-8(10(19)20)3-6-4-17-9-5-16-2-1-7(6)9/h1-2,4-5,8,17H,3H2,(H,18,21)(H,19,20). The molecule has 0 aliphatic carbocycles. The van der Waals surface area contributed by atoms with Crippen LogP contribution < -0.4 is 5.32 Å². The van der Waals surface area contributed by atoms with Crippen molar-refractivity contribution in [3.8, 4) is 0 Å². The number of hydrogen-bond acceptors (Lipinski definition) is 3. The fraction of sp³-hybridized carbons (Fsp3) is 0.250. The first-order chi connectivity index (χ1) is 9.79. The fourth-order valence-electron chi connectivity index (χ4n) is 1.86. The van der Waals surface area contributed by atoms with E-state index in [1.807, 2.05) is 0 Å². The number of halogens is 3. The number of nitrogens with one attached hydrogen (secondary N) is 2. The third kappa shape index (κ3) is 3.30. The third-order valence-corrected chi connectivity index (χ3v) is 2.85. The summed E-state index contributed by atoms with van der Waals surface area (Å²) in [6.07, 6.45) is -0.951. The quantitative estimate of drug-likeness (QED) is 0.791. The third-order valence-electron chi connectivity index (χ3n) is 2.85. The molecule has 1 unspecified atom stereocenters. The Morgan fingerprint density at radius 2 is 2.14 bits per heavy atom. The van der Waals surface area contributed by atoms with E-state index in [1.165, 1.54) is 23.9 Å². The maximum Gasteiger partial charge on any atom is 0.471 e. The maximum absolute atomic E-state index is 12.2. The van der Waals surface area contributed by atoms with E-state index in [1.54, 1.807) is 6.07 Å². The Bertz CT molecular complexity index is 681. The van der Waals surface area contributed by atoms with Gasteiger partial charge in [-0.25, -0.2) is 4.79 Å². The molecule has 1 amide bonds. The number of hydrogen-bond donors (Lipinski definition) is 3. The van der Waals surface area contributed by atoms with Gasteiger partial charge in [-0.05, 0) is 11.6 Å². The van der Waals surface area contributed by atoms with Gasteiger partial charge in [0.05, 0.1) is 11.7 Å². The number of carboxylic acid groups (broad SMARTS) is 1. The molecule has 0 aromatic carbocycles. The van der Waals surface area contributed by atoms with Gasteiger partial charge in [0.1, 0.15) is 6.04 Å². The smallest absolute Gasteiger partial charge is 0.471 e. The number of H-pyrrole nitrogens is 1. The van der Waals surface area contributed by atoms with Crippen LogP contribution >= 0.6 is 0 Å². The van der Waals surface area contributed by atoms with Gasteiger partial charge < -0.3 is 15.4 Å². The van der Waals surface area contributed by atoms with Crippen molar-refractivity contribution in [2.45, 2.75) is 18.6 Å². The molecule has 0 aliphatic rings. The molecule has 0 saturated carbocycles. The van der Waals surface area contributed by atoms with E-state index < -0.39 is 24.1 Å². The fourth-order valence-corrected chi connectivity index (χ4v) is 1.86. The van der Waals surface area contributed by atoms with Crippen LogP contribution in [0.25, 0.3) is 10.9 Å². The number of amides is 1. The number of aromatic nitrogens is 2. The lowest BCUT2D eigenvalue weighted by molar-refractivity contribution is -0.175. The number of carbonyl (C=O) groups excluding carboxylic acids is 1. The van der Waals surface area contributed by atoms with E-state index in [2.05, 4.69) is 9.97 Å². The zero-order chi connectivity index (χ0) is 15.6. The average Bonchev–Trinajstić information content (AvgIpc) is 2.80. The van der Waals surface area contributed by atoms with Gasteiger partial charge in [-0.2, -0.15) is 13.2 Å². The van der Waals surface area contributed by atoms with Crippen LogP contribution in [-0.4, -0.2) is 39.2 Å². The SMILES string of the molecule is O=C(O)C(Cc1c[nH]c2cnccc12)NC(=O)C(F)(F)F. The molecule has 2 heterocycles. The van der Waals surface area contributed by atoms with E-state index in [9.17, 15) is 22.8 Å². The van der Waals surface area contributed by atoms with E-state index in [-0.39, 0.29) is 6.42 Å². The molecule has 2 rings (SSSR count). The van der Waals surface area contributed by atoms with Crippen LogP contribution in [0.5, 0.6) is 0 Å². The lowest BCUT2D eigenvalue weighted by atomic mass is 10.1. The zero-order valence-corrected chi connectivity index (χ0v) is 10.4. The zero-order valence-electron chi connectivity index (χ0n) is 10.4. The lowest BCUT2D eigenvalue weighted by Crippen LogP contribution is -2.47. The summed E-state index contributed by atoms with van der Waals surface area (Å²) in [5.74, 6) is -3.83. The molecule has 112 valence electrons. The maximum atomic E-state index is 12.2. The second kappa shape index (κ2) is 5.43. The highest BCUT2D eigenvalue weighted by Gasteiger charge is 2.40. The number of rotatable bonds is 4. The van der Waals surface area contributed by atoms with Crippen LogP contribution in [0.2, 0.25) is 0 Å². The molecule has 9 heteroatoms. The Morgan fingerprint density at radius 3 is 2.76 bits per heavy atom. The highest BCUT2D eigenvalue weighted by molar-refractivity contribution is 5.88. The molecule has 0 bridgehead atoms. The van der Waals surface area contributed by atoms with E-state index in [0.717, 1.165) is 0 Å². The number of aromatic amines is 1. The first-order valence-corrected chi connectivity index (χ1v) is 5.79. The first-order valence-electron chi connectivity index (χ1n) is 5.79. The van der Waals surface area contributed by atoms with Gasteiger partial charge in [0.25, 0.3) is 0 Å². The molecule has 1 atom stereocenters. The lowest BCUT2D eigenvalue weighted by Gasteiger charge is -2.15. The Hall–Kier alpha value is -2.58. The summed E-state index contributed by atoms with van der Waals surface area (Å²) in [6, 6.07) is -0.0719. The minimum atomic E-state index is -5.13.